The zero-order chi connectivity index (χ0) is 18.4. The Morgan fingerprint density at radius 1 is 0.960 bits per heavy atom. The molecule has 0 atom stereocenters. The van der Waals surface area contributed by atoms with Crippen LogP contribution in [0.4, 0.5) is 26.3 Å². The van der Waals surface area contributed by atoms with E-state index in [1.54, 1.807) is 0 Å². The Balaban J connectivity index is 2.11. The third kappa shape index (κ3) is 3.60. The number of halogens is 7. The molecule has 1 aromatic carbocycles. The van der Waals surface area contributed by atoms with Crippen molar-refractivity contribution in [3.63, 3.8) is 0 Å². The average molecular weight is 383 g/mol. The number of ether oxygens (including phenoxy) is 1. The summed E-state index contributed by atoms with van der Waals surface area (Å²) in [5.74, 6) is -1.96. The van der Waals surface area contributed by atoms with E-state index >= 15 is 0 Å². The monoisotopic (exact) mass is 382 g/mol. The van der Waals surface area contributed by atoms with Gasteiger partial charge in [0.05, 0.1) is 10.7 Å². The van der Waals surface area contributed by atoms with E-state index in [0.29, 0.717) is 4.52 Å². The van der Waals surface area contributed by atoms with Crippen molar-refractivity contribution in [2.45, 2.75) is 12.5 Å². The summed E-state index contributed by atoms with van der Waals surface area (Å²) in [6, 6.07) is 5.43. The summed E-state index contributed by atoms with van der Waals surface area (Å²) in [5, 5.41) is 10.0. The molecule has 2 aromatic heterocycles. The second kappa shape index (κ2) is 5.76. The number of hydrogen-bond donors (Lipinski definition) is 0. The van der Waals surface area contributed by atoms with Gasteiger partial charge in [0.15, 0.2) is 5.65 Å². The van der Waals surface area contributed by atoms with Crippen LogP contribution in [0.1, 0.15) is 5.82 Å². The molecule has 0 bridgehead atoms. The van der Waals surface area contributed by atoms with Crippen molar-refractivity contribution in [2.75, 3.05) is 0 Å². The lowest BCUT2D eigenvalue weighted by Gasteiger charge is -2.11. The van der Waals surface area contributed by atoms with E-state index in [1.807, 2.05) is 0 Å². The molecule has 3 rings (SSSR count). The van der Waals surface area contributed by atoms with Crippen molar-refractivity contribution in [2.24, 2.45) is 0 Å². The van der Waals surface area contributed by atoms with Gasteiger partial charge in [-0.25, -0.2) is 0 Å². The smallest absolute Gasteiger partial charge is 0.406 e. The number of nitrogens with zero attached hydrogens (tertiary/aromatic N) is 4. The van der Waals surface area contributed by atoms with Crippen LogP contribution in [-0.4, -0.2) is 26.2 Å². The molecule has 2 heterocycles. The van der Waals surface area contributed by atoms with Gasteiger partial charge < -0.3 is 4.74 Å². The third-order valence-corrected chi connectivity index (χ3v) is 3.29. The lowest BCUT2D eigenvalue weighted by molar-refractivity contribution is -0.274. The first kappa shape index (κ1) is 17.3. The largest absolute Gasteiger partial charge is 0.573 e. The molecule has 0 aliphatic rings. The highest BCUT2D eigenvalue weighted by Gasteiger charge is 2.37. The summed E-state index contributed by atoms with van der Waals surface area (Å²) in [5.41, 5.74) is -0.350. The Kier molecular flexibility index (Phi) is 3.98. The minimum atomic E-state index is -4.93. The van der Waals surface area contributed by atoms with Crippen LogP contribution in [-0.2, 0) is 6.18 Å². The SMILES string of the molecule is FC(F)(F)Oc1ccc(Cl)c(-c2ccc3nnc(C(F)(F)F)n3n2)c1. The van der Waals surface area contributed by atoms with Gasteiger partial charge in [0.25, 0.3) is 5.82 Å². The number of aromatic nitrogens is 4. The van der Waals surface area contributed by atoms with Crippen molar-refractivity contribution in [3.8, 4) is 17.0 Å². The number of fused-ring (bicyclic) bond motifs is 1. The highest BCUT2D eigenvalue weighted by Crippen LogP contribution is 2.33. The van der Waals surface area contributed by atoms with E-state index in [4.69, 9.17) is 11.6 Å². The fraction of sp³-hybridized carbons (Fsp3) is 0.154. The van der Waals surface area contributed by atoms with Crippen LogP contribution < -0.4 is 4.74 Å². The maximum atomic E-state index is 12.9. The van der Waals surface area contributed by atoms with Gasteiger partial charge in [-0.05, 0) is 30.3 Å². The molecule has 0 spiro atoms. The van der Waals surface area contributed by atoms with Gasteiger partial charge >= 0.3 is 12.5 Å². The topological polar surface area (TPSA) is 52.3 Å². The minimum absolute atomic E-state index is 0.0250. The molecule has 0 radical (unpaired) electrons. The Labute approximate surface area is 139 Å². The Morgan fingerprint density at radius 2 is 1.68 bits per heavy atom. The molecule has 5 nitrogen and oxygen atoms in total. The van der Waals surface area contributed by atoms with Crippen molar-refractivity contribution in [3.05, 3.63) is 41.2 Å². The van der Waals surface area contributed by atoms with Gasteiger partial charge in [-0.1, -0.05) is 11.6 Å². The highest BCUT2D eigenvalue weighted by molar-refractivity contribution is 6.33. The van der Waals surface area contributed by atoms with E-state index in [9.17, 15) is 26.3 Å². The van der Waals surface area contributed by atoms with Crippen LogP contribution in [0, 0.1) is 0 Å². The van der Waals surface area contributed by atoms with Gasteiger partial charge in [0.1, 0.15) is 5.75 Å². The van der Waals surface area contributed by atoms with Crippen LogP contribution in [0.15, 0.2) is 30.3 Å². The van der Waals surface area contributed by atoms with Gasteiger partial charge in [-0.2, -0.15) is 22.8 Å². The fourth-order valence-electron chi connectivity index (χ4n) is 2.01. The number of rotatable bonds is 2. The van der Waals surface area contributed by atoms with Crippen LogP contribution >= 0.6 is 11.6 Å². The summed E-state index contributed by atoms with van der Waals surface area (Å²) >= 11 is 5.92. The molecule has 132 valence electrons. The number of alkyl halides is 6. The molecule has 0 saturated carbocycles. The first-order valence-corrected chi connectivity index (χ1v) is 6.78. The standard InChI is InChI=1S/C13H5ClF6N4O/c14-8-2-1-6(25-13(18,19)20)5-7(8)9-3-4-10-21-22-11(12(15,16)17)24(10)23-9/h1-5H. The normalized spacial score (nSPS) is 12.6. The second-order valence-electron chi connectivity index (χ2n) is 4.70. The van der Waals surface area contributed by atoms with E-state index in [-0.39, 0.29) is 21.9 Å². The van der Waals surface area contributed by atoms with Gasteiger partial charge in [0, 0.05) is 5.56 Å². The molecule has 0 saturated heterocycles. The zero-order valence-electron chi connectivity index (χ0n) is 11.7. The van der Waals surface area contributed by atoms with Crippen LogP contribution in [0.25, 0.3) is 16.9 Å². The Morgan fingerprint density at radius 3 is 2.32 bits per heavy atom. The van der Waals surface area contributed by atoms with Crippen LogP contribution in [0.3, 0.4) is 0 Å². The van der Waals surface area contributed by atoms with Crippen LogP contribution in [0.5, 0.6) is 5.75 Å². The molecule has 25 heavy (non-hydrogen) atoms. The van der Waals surface area contributed by atoms with E-state index < -0.39 is 24.1 Å². The van der Waals surface area contributed by atoms with E-state index in [0.717, 1.165) is 18.2 Å². The summed E-state index contributed by atoms with van der Waals surface area (Å²) in [7, 11) is 0. The lowest BCUT2D eigenvalue weighted by Crippen LogP contribution is -2.17. The van der Waals surface area contributed by atoms with Crippen LogP contribution in [0.2, 0.25) is 5.02 Å². The minimum Gasteiger partial charge on any atom is -0.406 e. The van der Waals surface area contributed by atoms with Crippen molar-refractivity contribution >= 4 is 17.2 Å². The molecule has 0 unspecified atom stereocenters. The van der Waals surface area contributed by atoms with Gasteiger partial charge in [-0.3, -0.25) is 0 Å². The summed E-state index contributed by atoms with van der Waals surface area (Å²) in [4.78, 5) is 0. The third-order valence-electron chi connectivity index (χ3n) is 2.96. The molecule has 0 aliphatic heterocycles. The average Bonchev–Trinajstić information content (AvgIpc) is 2.90. The van der Waals surface area contributed by atoms with Gasteiger partial charge in [-0.15, -0.1) is 23.4 Å². The lowest BCUT2D eigenvalue weighted by atomic mass is 10.1. The Hall–Kier alpha value is -2.56. The molecule has 0 amide bonds. The van der Waals surface area contributed by atoms with E-state index in [2.05, 4.69) is 20.0 Å². The predicted molar refractivity (Wildman–Crippen MR) is 72.9 cm³/mol. The van der Waals surface area contributed by atoms with Crippen molar-refractivity contribution in [1.82, 2.24) is 19.8 Å². The quantitative estimate of drug-likeness (QED) is 0.618. The summed E-state index contributed by atoms with van der Waals surface area (Å²) in [6.07, 6.45) is -9.74. The van der Waals surface area contributed by atoms with Crippen molar-refractivity contribution < 1.29 is 31.1 Å². The second-order valence-corrected chi connectivity index (χ2v) is 5.11. The zero-order valence-corrected chi connectivity index (χ0v) is 12.5. The maximum Gasteiger partial charge on any atom is 0.573 e. The summed E-state index contributed by atoms with van der Waals surface area (Å²) < 4.78 is 79.8. The molecular formula is C13H5ClF6N4O. The van der Waals surface area contributed by atoms with E-state index in [1.165, 1.54) is 12.1 Å². The highest BCUT2D eigenvalue weighted by atomic mass is 35.5. The summed E-state index contributed by atoms with van der Waals surface area (Å²) in [6.45, 7) is 0. The molecule has 0 aliphatic carbocycles. The fourth-order valence-corrected chi connectivity index (χ4v) is 2.22. The Bertz CT molecular complexity index is 936. The number of benzene rings is 1. The molecular weight excluding hydrogens is 378 g/mol. The molecule has 12 heteroatoms. The molecule has 3 aromatic rings. The maximum absolute atomic E-state index is 12.9. The first-order chi connectivity index (χ1) is 11.5. The number of hydrogen-bond acceptors (Lipinski definition) is 4. The first-order valence-electron chi connectivity index (χ1n) is 6.40. The molecule has 0 fully saturated rings. The van der Waals surface area contributed by atoms with Gasteiger partial charge in [0.2, 0.25) is 0 Å². The molecule has 0 N–H and O–H groups in total. The van der Waals surface area contributed by atoms with Crippen molar-refractivity contribution in [1.29, 1.82) is 0 Å². The predicted octanol–water partition coefficient (Wildman–Crippen LogP) is 4.36.